The molecule has 2 nitrogen and oxygen atoms in total. The lowest BCUT2D eigenvalue weighted by Crippen LogP contribution is -2.39. The summed E-state index contributed by atoms with van der Waals surface area (Å²) in [4.78, 5) is 2.67. The highest BCUT2D eigenvalue weighted by atomic mass is 35.5. The third-order valence-electron chi connectivity index (χ3n) is 5.01. The van der Waals surface area contributed by atoms with Crippen LogP contribution >= 0.6 is 12.4 Å². The zero-order valence-corrected chi connectivity index (χ0v) is 13.7. The molecule has 2 atom stereocenters. The first kappa shape index (κ1) is 15.8. The summed E-state index contributed by atoms with van der Waals surface area (Å²) in [7, 11) is 0. The van der Waals surface area contributed by atoms with Gasteiger partial charge in [0, 0.05) is 13.1 Å². The lowest BCUT2D eigenvalue weighted by atomic mass is 9.88. The molecule has 2 saturated heterocycles. The zero-order valence-electron chi connectivity index (χ0n) is 12.9. The van der Waals surface area contributed by atoms with Crippen LogP contribution in [0, 0.1) is 32.6 Å². The van der Waals surface area contributed by atoms with Crippen LogP contribution in [0.3, 0.4) is 0 Å². The van der Waals surface area contributed by atoms with Crippen LogP contribution in [-0.2, 0) is 6.54 Å². The van der Waals surface area contributed by atoms with Crippen molar-refractivity contribution in [3.05, 3.63) is 34.4 Å². The Kier molecular flexibility index (Phi) is 5.11. The Morgan fingerprint density at radius 3 is 2.45 bits per heavy atom. The quantitative estimate of drug-likeness (QED) is 0.902. The first-order valence-electron chi connectivity index (χ1n) is 7.63. The molecule has 20 heavy (non-hydrogen) atoms. The summed E-state index contributed by atoms with van der Waals surface area (Å²) in [6, 6.07) is 4.65. The topological polar surface area (TPSA) is 15.3 Å². The zero-order chi connectivity index (χ0) is 13.4. The van der Waals surface area contributed by atoms with Crippen molar-refractivity contribution in [1.82, 2.24) is 10.2 Å². The maximum absolute atomic E-state index is 3.55. The van der Waals surface area contributed by atoms with E-state index in [2.05, 4.69) is 43.1 Å². The number of aryl methyl sites for hydroxylation is 3. The highest BCUT2D eigenvalue weighted by Crippen LogP contribution is 2.28. The van der Waals surface area contributed by atoms with Crippen LogP contribution in [0.25, 0.3) is 0 Å². The highest BCUT2D eigenvalue weighted by molar-refractivity contribution is 5.85. The van der Waals surface area contributed by atoms with E-state index in [0.717, 1.165) is 18.4 Å². The minimum Gasteiger partial charge on any atom is -0.316 e. The number of benzene rings is 1. The molecule has 2 unspecified atom stereocenters. The predicted octanol–water partition coefficient (Wildman–Crippen LogP) is 3.07. The van der Waals surface area contributed by atoms with Gasteiger partial charge in [0.15, 0.2) is 0 Å². The molecule has 0 saturated carbocycles. The van der Waals surface area contributed by atoms with Crippen molar-refractivity contribution in [2.24, 2.45) is 11.8 Å². The van der Waals surface area contributed by atoms with Gasteiger partial charge in [0.05, 0.1) is 0 Å². The average molecular weight is 295 g/mol. The molecule has 3 heteroatoms. The van der Waals surface area contributed by atoms with E-state index in [0.29, 0.717) is 0 Å². The Morgan fingerprint density at radius 1 is 1.10 bits per heavy atom. The Morgan fingerprint density at radius 2 is 1.75 bits per heavy atom. The van der Waals surface area contributed by atoms with Gasteiger partial charge in [-0.2, -0.15) is 0 Å². The van der Waals surface area contributed by atoms with Gasteiger partial charge in [-0.3, -0.25) is 4.90 Å². The summed E-state index contributed by atoms with van der Waals surface area (Å²) in [5.74, 6) is 1.83. The van der Waals surface area contributed by atoms with Gasteiger partial charge < -0.3 is 5.32 Å². The molecule has 0 amide bonds. The molecular formula is C17H27ClN2. The van der Waals surface area contributed by atoms with Gasteiger partial charge in [-0.05, 0) is 75.4 Å². The molecule has 0 spiro atoms. The second-order valence-corrected chi connectivity index (χ2v) is 6.58. The molecule has 2 heterocycles. The van der Waals surface area contributed by atoms with E-state index in [4.69, 9.17) is 0 Å². The average Bonchev–Trinajstić information content (AvgIpc) is 2.81. The predicted molar refractivity (Wildman–Crippen MR) is 87.6 cm³/mol. The van der Waals surface area contributed by atoms with E-state index in [9.17, 15) is 0 Å². The van der Waals surface area contributed by atoms with Gasteiger partial charge in [-0.15, -0.1) is 12.4 Å². The maximum Gasteiger partial charge on any atom is 0.0239 e. The van der Waals surface area contributed by atoms with Gasteiger partial charge in [0.2, 0.25) is 0 Å². The van der Waals surface area contributed by atoms with Crippen LogP contribution < -0.4 is 5.32 Å². The smallest absolute Gasteiger partial charge is 0.0239 e. The lowest BCUT2D eigenvalue weighted by molar-refractivity contribution is 0.142. The Labute approximate surface area is 129 Å². The monoisotopic (exact) mass is 294 g/mol. The van der Waals surface area contributed by atoms with E-state index in [1.165, 1.54) is 49.3 Å². The maximum atomic E-state index is 3.55. The van der Waals surface area contributed by atoms with Crippen LogP contribution in [0.5, 0.6) is 0 Å². The van der Waals surface area contributed by atoms with E-state index >= 15 is 0 Å². The molecule has 1 aromatic carbocycles. The molecular weight excluding hydrogens is 268 g/mol. The standard InChI is InChI=1S/C17H26N2.ClH/c1-12-6-13(2)17(14(3)7-12)11-19-5-4-15-8-18-9-16(15)10-19;/h6-7,15-16,18H,4-5,8-11H2,1-3H3;1H. The van der Waals surface area contributed by atoms with E-state index in [-0.39, 0.29) is 12.4 Å². The third kappa shape index (κ3) is 3.19. The second kappa shape index (κ2) is 6.46. The molecule has 0 bridgehead atoms. The molecule has 2 aliphatic rings. The van der Waals surface area contributed by atoms with Crippen LogP contribution in [0.4, 0.5) is 0 Å². The third-order valence-corrected chi connectivity index (χ3v) is 5.01. The molecule has 0 aliphatic carbocycles. The SMILES string of the molecule is Cc1cc(C)c(CN2CCC3CNCC3C2)c(C)c1.Cl. The van der Waals surface area contributed by atoms with Crippen molar-refractivity contribution in [1.29, 1.82) is 0 Å². The van der Waals surface area contributed by atoms with Crippen molar-refractivity contribution in [3.63, 3.8) is 0 Å². The minimum atomic E-state index is 0. The van der Waals surface area contributed by atoms with Crippen LogP contribution in [0.15, 0.2) is 12.1 Å². The molecule has 0 radical (unpaired) electrons. The fourth-order valence-electron chi connectivity index (χ4n) is 3.94. The number of piperidine rings is 1. The van der Waals surface area contributed by atoms with Crippen molar-refractivity contribution in [2.45, 2.75) is 33.7 Å². The molecule has 2 aliphatic heterocycles. The number of rotatable bonds is 2. The van der Waals surface area contributed by atoms with Crippen molar-refractivity contribution >= 4 is 12.4 Å². The van der Waals surface area contributed by atoms with Gasteiger partial charge >= 0.3 is 0 Å². The first-order chi connectivity index (χ1) is 9.13. The van der Waals surface area contributed by atoms with Crippen LogP contribution in [0.2, 0.25) is 0 Å². The van der Waals surface area contributed by atoms with Gasteiger partial charge in [0.25, 0.3) is 0 Å². The lowest BCUT2D eigenvalue weighted by Gasteiger charge is -2.35. The Hall–Kier alpha value is -0.570. The van der Waals surface area contributed by atoms with Crippen molar-refractivity contribution in [2.75, 3.05) is 26.2 Å². The normalized spacial score (nSPS) is 26.1. The van der Waals surface area contributed by atoms with Crippen LogP contribution in [0.1, 0.15) is 28.7 Å². The number of nitrogens with zero attached hydrogens (tertiary/aromatic N) is 1. The summed E-state index contributed by atoms with van der Waals surface area (Å²) in [6.07, 6.45) is 1.38. The van der Waals surface area contributed by atoms with Gasteiger partial charge in [-0.1, -0.05) is 17.7 Å². The van der Waals surface area contributed by atoms with E-state index in [1.807, 2.05) is 0 Å². The molecule has 1 aromatic rings. The van der Waals surface area contributed by atoms with Crippen LogP contribution in [-0.4, -0.2) is 31.1 Å². The second-order valence-electron chi connectivity index (χ2n) is 6.58. The number of fused-ring (bicyclic) bond motifs is 1. The minimum absolute atomic E-state index is 0. The number of nitrogens with one attached hydrogen (secondary N) is 1. The first-order valence-corrected chi connectivity index (χ1v) is 7.63. The summed E-state index contributed by atoms with van der Waals surface area (Å²) in [5.41, 5.74) is 5.86. The van der Waals surface area contributed by atoms with Crippen molar-refractivity contribution in [3.8, 4) is 0 Å². The number of hydrogen-bond acceptors (Lipinski definition) is 2. The summed E-state index contributed by atoms with van der Waals surface area (Å²) in [5, 5.41) is 3.55. The Bertz CT molecular complexity index is 449. The summed E-state index contributed by atoms with van der Waals surface area (Å²) < 4.78 is 0. The fraction of sp³-hybridized carbons (Fsp3) is 0.647. The largest absolute Gasteiger partial charge is 0.316 e. The Balaban J connectivity index is 0.00000147. The van der Waals surface area contributed by atoms with E-state index < -0.39 is 0 Å². The molecule has 0 aromatic heterocycles. The summed E-state index contributed by atoms with van der Waals surface area (Å²) >= 11 is 0. The molecule has 1 N–H and O–H groups in total. The highest BCUT2D eigenvalue weighted by Gasteiger charge is 2.32. The fourth-order valence-corrected chi connectivity index (χ4v) is 3.94. The number of halogens is 1. The number of hydrogen-bond donors (Lipinski definition) is 1. The number of likely N-dealkylation sites (tertiary alicyclic amines) is 1. The molecule has 112 valence electrons. The molecule has 2 fully saturated rings. The van der Waals surface area contributed by atoms with Gasteiger partial charge in [0.1, 0.15) is 0 Å². The van der Waals surface area contributed by atoms with E-state index in [1.54, 1.807) is 5.56 Å². The molecule has 3 rings (SSSR count). The van der Waals surface area contributed by atoms with Gasteiger partial charge in [-0.25, -0.2) is 0 Å². The summed E-state index contributed by atoms with van der Waals surface area (Å²) in [6.45, 7) is 12.9. The van der Waals surface area contributed by atoms with Crippen molar-refractivity contribution < 1.29 is 0 Å².